The SMILES string of the molecule is C[C@](C(=O)O)(c1cccs1)N1CCCCC1. The normalized spacial score (nSPS) is 21.6. The molecule has 3 nitrogen and oxygen atoms in total. The number of hydrogen-bond acceptors (Lipinski definition) is 3. The predicted molar refractivity (Wildman–Crippen MR) is 64.7 cm³/mol. The van der Waals surface area contributed by atoms with Crippen LogP contribution in [0, 0.1) is 0 Å². The van der Waals surface area contributed by atoms with Gasteiger partial charge in [-0.25, -0.2) is 4.79 Å². The molecule has 0 aliphatic carbocycles. The van der Waals surface area contributed by atoms with E-state index >= 15 is 0 Å². The predicted octanol–water partition coefficient (Wildman–Crippen LogP) is 2.53. The number of thiophene rings is 1. The lowest BCUT2D eigenvalue weighted by molar-refractivity contribution is -0.151. The van der Waals surface area contributed by atoms with Crippen LogP contribution in [0.4, 0.5) is 0 Å². The van der Waals surface area contributed by atoms with Crippen molar-refractivity contribution in [3.8, 4) is 0 Å². The van der Waals surface area contributed by atoms with Crippen LogP contribution in [-0.4, -0.2) is 29.1 Å². The average molecular weight is 239 g/mol. The maximum atomic E-state index is 11.6. The maximum Gasteiger partial charge on any atom is 0.329 e. The first-order valence-electron chi connectivity index (χ1n) is 5.68. The highest BCUT2D eigenvalue weighted by atomic mass is 32.1. The van der Waals surface area contributed by atoms with Crippen molar-refractivity contribution in [2.45, 2.75) is 31.7 Å². The van der Waals surface area contributed by atoms with Gasteiger partial charge in [-0.05, 0) is 44.3 Å². The van der Waals surface area contributed by atoms with E-state index in [0.29, 0.717) is 0 Å². The number of hydrogen-bond donors (Lipinski definition) is 1. The van der Waals surface area contributed by atoms with Gasteiger partial charge in [0.2, 0.25) is 0 Å². The van der Waals surface area contributed by atoms with E-state index in [-0.39, 0.29) is 0 Å². The minimum Gasteiger partial charge on any atom is -0.480 e. The number of nitrogens with zero attached hydrogens (tertiary/aromatic N) is 1. The van der Waals surface area contributed by atoms with Crippen LogP contribution in [0.3, 0.4) is 0 Å². The van der Waals surface area contributed by atoms with E-state index in [0.717, 1.165) is 30.8 Å². The Labute approximate surface area is 99.7 Å². The number of piperidine rings is 1. The van der Waals surface area contributed by atoms with Crippen molar-refractivity contribution in [3.63, 3.8) is 0 Å². The molecule has 1 atom stereocenters. The average Bonchev–Trinajstić information content (AvgIpc) is 2.82. The van der Waals surface area contributed by atoms with E-state index < -0.39 is 11.5 Å². The molecule has 0 amide bonds. The minimum absolute atomic E-state index is 0.739. The van der Waals surface area contributed by atoms with Crippen molar-refractivity contribution in [1.29, 1.82) is 0 Å². The smallest absolute Gasteiger partial charge is 0.329 e. The lowest BCUT2D eigenvalue weighted by Gasteiger charge is -2.39. The number of carboxylic acid groups (broad SMARTS) is 1. The molecule has 1 aliphatic rings. The van der Waals surface area contributed by atoms with Crippen LogP contribution in [0.5, 0.6) is 0 Å². The molecule has 1 aromatic rings. The van der Waals surface area contributed by atoms with Crippen molar-refractivity contribution in [2.75, 3.05) is 13.1 Å². The third-order valence-electron chi connectivity index (χ3n) is 3.41. The summed E-state index contributed by atoms with van der Waals surface area (Å²) in [5, 5.41) is 11.5. The number of likely N-dealkylation sites (tertiary alicyclic amines) is 1. The third kappa shape index (κ3) is 1.87. The summed E-state index contributed by atoms with van der Waals surface area (Å²) in [7, 11) is 0. The van der Waals surface area contributed by atoms with Crippen molar-refractivity contribution in [3.05, 3.63) is 22.4 Å². The van der Waals surface area contributed by atoms with Crippen LogP contribution in [0.25, 0.3) is 0 Å². The topological polar surface area (TPSA) is 40.5 Å². The van der Waals surface area contributed by atoms with E-state index in [4.69, 9.17) is 0 Å². The Balaban J connectivity index is 2.31. The van der Waals surface area contributed by atoms with Crippen molar-refractivity contribution >= 4 is 17.3 Å². The standard InChI is InChI=1S/C12H17NO2S/c1-12(11(14)15,10-6-5-9-16-10)13-7-3-2-4-8-13/h5-6,9H,2-4,7-8H2,1H3,(H,14,15)/t12-/m1/s1. The molecule has 2 heterocycles. The Bertz CT molecular complexity index is 357. The van der Waals surface area contributed by atoms with Gasteiger partial charge >= 0.3 is 5.97 Å². The zero-order valence-electron chi connectivity index (χ0n) is 9.48. The van der Waals surface area contributed by atoms with Crippen LogP contribution >= 0.6 is 11.3 Å². The highest BCUT2D eigenvalue weighted by Gasteiger charge is 2.42. The fraction of sp³-hybridized carbons (Fsp3) is 0.583. The molecular formula is C12H17NO2S. The van der Waals surface area contributed by atoms with Gasteiger partial charge in [-0.2, -0.15) is 0 Å². The molecule has 1 aromatic heterocycles. The van der Waals surface area contributed by atoms with Crippen LogP contribution in [0.1, 0.15) is 31.1 Å². The van der Waals surface area contributed by atoms with Gasteiger partial charge < -0.3 is 5.11 Å². The summed E-state index contributed by atoms with van der Waals surface area (Å²) < 4.78 is 0. The highest BCUT2D eigenvalue weighted by Crippen LogP contribution is 2.34. The second-order valence-corrected chi connectivity index (χ2v) is 5.35. The molecule has 0 unspecified atom stereocenters. The zero-order valence-corrected chi connectivity index (χ0v) is 10.3. The van der Waals surface area contributed by atoms with Crippen molar-refractivity contribution < 1.29 is 9.90 Å². The van der Waals surface area contributed by atoms with Gasteiger partial charge in [0.05, 0.1) is 0 Å². The van der Waals surface area contributed by atoms with Crippen LogP contribution in [-0.2, 0) is 10.3 Å². The van der Waals surface area contributed by atoms with Crippen molar-refractivity contribution in [1.82, 2.24) is 4.90 Å². The Morgan fingerprint density at radius 2 is 2.12 bits per heavy atom. The zero-order chi connectivity index (χ0) is 11.6. The summed E-state index contributed by atoms with van der Waals surface area (Å²) in [5.74, 6) is -0.739. The molecule has 16 heavy (non-hydrogen) atoms. The third-order valence-corrected chi connectivity index (χ3v) is 4.49. The Hall–Kier alpha value is -0.870. The first-order valence-corrected chi connectivity index (χ1v) is 6.56. The summed E-state index contributed by atoms with van der Waals surface area (Å²) in [5.41, 5.74) is -0.839. The molecule has 1 saturated heterocycles. The number of carbonyl (C=O) groups is 1. The highest BCUT2D eigenvalue weighted by molar-refractivity contribution is 7.10. The molecular weight excluding hydrogens is 222 g/mol. The second kappa shape index (κ2) is 4.55. The van der Waals surface area contributed by atoms with Gasteiger partial charge in [0.15, 0.2) is 5.54 Å². The van der Waals surface area contributed by atoms with E-state index in [2.05, 4.69) is 4.90 Å². The van der Waals surface area contributed by atoms with Crippen LogP contribution in [0.15, 0.2) is 17.5 Å². The fourth-order valence-electron chi connectivity index (χ4n) is 2.29. The Morgan fingerprint density at radius 1 is 1.44 bits per heavy atom. The van der Waals surface area contributed by atoms with Gasteiger partial charge in [0, 0.05) is 4.88 Å². The lowest BCUT2D eigenvalue weighted by Crippen LogP contribution is -2.51. The number of rotatable bonds is 3. The lowest BCUT2D eigenvalue weighted by atomic mass is 9.94. The molecule has 1 fully saturated rings. The summed E-state index contributed by atoms with van der Waals surface area (Å²) in [6.07, 6.45) is 3.43. The minimum atomic E-state index is -0.839. The van der Waals surface area contributed by atoms with Crippen molar-refractivity contribution in [2.24, 2.45) is 0 Å². The first kappa shape index (κ1) is 11.6. The van der Waals surface area contributed by atoms with Gasteiger partial charge in [-0.15, -0.1) is 11.3 Å². The largest absolute Gasteiger partial charge is 0.480 e. The fourth-order valence-corrected chi connectivity index (χ4v) is 3.20. The maximum absolute atomic E-state index is 11.6. The Morgan fingerprint density at radius 3 is 2.62 bits per heavy atom. The first-order chi connectivity index (χ1) is 7.65. The quantitative estimate of drug-likeness (QED) is 0.881. The molecule has 0 spiro atoms. The summed E-state index contributed by atoms with van der Waals surface area (Å²) >= 11 is 1.53. The molecule has 4 heteroatoms. The van der Waals surface area contributed by atoms with Gasteiger partial charge in [-0.1, -0.05) is 12.5 Å². The summed E-state index contributed by atoms with van der Waals surface area (Å²) in [4.78, 5) is 14.6. The van der Waals surface area contributed by atoms with E-state index in [1.165, 1.54) is 17.8 Å². The Kier molecular flexibility index (Phi) is 3.30. The monoisotopic (exact) mass is 239 g/mol. The molecule has 0 saturated carbocycles. The van der Waals surface area contributed by atoms with E-state index in [9.17, 15) is 9.90 Å². The van der Waals surface area contributed by atoms with E-state index in [1.807, 2.05) is 24.4 Å². The van der Waals surface area contributed by atoms with Crippen LogP contribution < -0.4 is 0 Å². The second-order valence-electron chi connectivity index (χ2n) is 4.40. The molecule has 88 valence electrons. The molecule has 0 bridgehead atoms. The van der Waals surface area contributed by atoms with Gasteiger partial charge in [-0.3, -0.25) is 4.90 Å². The summed E-state index contributed by atoms with van der Waals surface area (Å²) in [6.45, 7) is 3.61. The van der Waals surface area contributed by atoms with Gasteiger partial charge in [0.1, 0.15) is 0 Å². The van der Waals surface area contributed by atoms with Gasteiger partial charge in [0.25, 0.3) is 0 Å². The molecule has 0 radical (unpaired) electrons. The number of carboxylic acids is 1. The molecule has 2 rings (SSSR count). The van der Waals surface area contributed by atoms with E-state index in [1.54, 1.807) is 0 Å². The summed E-state index contributed by atoms with van der Waals surface area (Å²) in [6, 6.07) is 3.85. The molecule has 0 aromatic carbocycles. The molecule has 1 aliphatic heterocycles. The molecule has 1 N–H and O–H groups in total. The van der Waals surface area contributed by atoms with Crippen LogP contribution in [0.2, 0.25) is 0 Å². The number of aliphatic carboxylic acids is 1.